The van der Waals surface area contributed by atoms with Gasteiger partial charge in [0.25, 0.3) is 0 Å². The molecule has 1 aromatic heterocycles. The third kappa shape index (κ3) is 6.42. The van der Waals surface area contributed by atoms with E-state index in [4.69, 9.17) is 4.74 Å². The van der Waals surface area contributed by atoms with Gasteiger partial charge in [-0.05, 0) is 61.9 Å². The van der Waals surface area contributed by atoms with Crippen LogP contribution in [-0.2, 0) is 16.0 Å². The van der Waals surface area contributed by atoms with Gasteiger partial charge < -0.3 is 14.7 Å². The molecule has 1 aliphatic rings. The standard InChI is InChI=1S/C26H35NO4S/c1-3-5-6-10-23(28)19-11-13-20(14-12-19)27-21(18-25(27)29)8-7-9-22-15-16-24(32-22)26(30)31-17-4-2/h11-16,21,23,28H,3-10,17-18H2,1-2H3/t21-,23?/m0/s1. The number of hydrogen-bond donors (Lipinski definition) is 1. The second kappa shape index (κ2) is 12.2. The highest BCUT2D eigenvalue weighted by Gasteiger charge is 2.36. The van der Waals surface area contributed by atoms with Gasteiger partial charge in [0, 0.05) is 23.0 Å². The molecule has 3 rings (SSSR count). The van der Waals surface area contributed by atoms with Gasteiger partial charge in [0.05, 0.1) is 12.7 Å². The van der Waals surface area contributed by atoms with E-state index < -0.39 is 6.10 Å². The van der Waals surface area contributed by atoms with Crippen molar-refractivity contribution in [3.8, 4) is 0 Å². The van der Waals surface area contributed by atoms with Crippen LogP contribution in [0.15, 0.2) is 36.4 Å². The fourth-order valence-electron chi connectivity index (χ4n) is 4.08. The largest absolute Gasteiger partial charge is 0.462 e. The number of benzene rings is 1. The Labute approximate surface area is 195 Å². The summed E-state index contributed by atoms with van der Waals surface area (Å²) in [6.07, 6.45) is 7.84. The lowest BCUT2D eigenvalue weighted by Crippen LogP contribution is -2.52. The quantitative estimate of drug-likeness (QED) is 0.226. The Bertz CT molecular complexity index is 876. The Morgan fingerprint density at radius 1 is 1.12 bits per heavy atom. The molecule has 1 fully saturated rings. The highest BCUT2D eigenvalue weighted by Crippen LogP contribution is 2.32. The van der Waals surface area contributed by atoms with E-state index in [1.807, 2.05) is 48.2 Å². The molecule has 1 aromatic carbocycles. The summed E-state index contributed by atoms with van der Waals surface area (Å²) >= 11 is 1.50. The zero-order valence-corrected chi connectivity index (χ0v) is 20.0. The maximum absolute atomic E-state index is 12.3. The summed E-state index contributed by atoms with van der Waals surface area (Å²) in [5.74, 6) is -0.0823. The molecule has 2 atom stereocenters. The van der Waals surface area contributed by atoms with E-state index in [0.717, 1.165) is 62.6 Å². The van der Waals surface area contributed by atoms with Crippen molar-refractivity contribution in [2.75, 3.05) is 11.5 Å². The minimum atomic E-state index is -0.437. The van der Waals surface area contributed by atoms with Gasteiger partial charge in [0.15, 0.2) is 0 Å². The molecule has 1 N–H and O–H groups in total. The number of rotatable bonds is 13. The van der Waals surface area contributed by atoms with E-state index in [0.29, 0.717) is 17.9 Å². The summed E-state index contributed by atoms with van der Waals surface area (Å²) in [4.78, 5) is 27.9. The Kier molecular flexibility index (Phi) is 9.30. The minimum Gasteiger partial charge on any atom is -0.462 e. The second-order valence-electron chi connectivity index (χ2n) is 8.52. The van der Waals surface area contributed by atoms with Gasteiger partial charge in [-0.3, -0.25) is 4.79 Å². The van der Waals surface area contributed by atoms with Crippen LogP contribution in [0.4, 0.5) is 5.69 Å². The average molecular weight is 458 g/mol. The molecule has 6 heteroatoms. The van der Waals surface area contributed by atoms with Gasteiger partial charge in [-0.15, -0.1) is 11.3 Å². The molecule has 174 valence electrons. The lowest BCUT2D eigenvalue weighted by Gasteiger charge is -2.40. The van der Waals surface area contributed by atoms with Gasteiger partial charge in [-0.2, -0.15) is 0 Å². The molecule has 1 unspecified atom stereocenters. The smallest absolute Gasteiger partial charge is 0.348 e. The number of aliphatic hydroxyl groups excluding tert-OH is 1. The number of aryl methyl sites for hydroxylation is 1. The topological polar surface area (TPSA) is 66.8 Å². The number of amides is 1. The summed E-state index contributed by atoms with van der Waals surface area (Å²) in [5.41, 5.74) is 1.83. The van der Waals surface area contributed by atoms with Crippen molar-refractivity contribution in [3.05, 3.63) is 51.7 Å². The van der Waals surface area contributed by atoms with Gasteiger partial charge in [-0.25, -0.2) is 4.79 Å². The molecule has 0 radical (unpaired) electrons. The van der Waals surface area contributed by atoms with E-state index in [9.17, 15) is 14.7 Å². The highest BCUT2D eigenvalue weighted by atomic mass is 32.1. The van der Waals surface area contributed by atoms with Crippen molar-refractivity contribution < 1.29 is 19.4 Å². The van der Waals surface area contributed by atoms with Gasteiger partial charge in [0.2, 0.25) is 5.91 Å². The van der Waals surface area contributed by atoms with Crippen molar-refractivity contribution >= 4 is 28.9 Å². The van der Waals surface area contributed by atoms with E-state index in [2.05, 4.69) is 6.92 Å². The number of β-lactam (4-membered cyclic amide) rings is 1. The van der Waals surface area contributed by atoms with Crippen molar-refractivity contribution in [1.82, 2.24) is 0 Å². The van der Waals surface area contributed by atoms with Gasteiger partial charge in [-0.1, -0.05) is 45.2 Å². The molecule has 0 bridgehead atoms. The van der Waals surface area contributed by atoms with Crippen LogP contribution in [0, 0.1) is 0 Å². The summed E-state index contributed by atoms with van der Waals surface area (Å²) in [7, 11) is 0. The summed E-state index contributed by atoms with van der Waals surface area (Å²) in [6.45, 7) is 4.59. The SMILES string of the molecule is CCCCCC(O)c1ccc(N2C(=O)C[C@@H]2CCCc2ccc(C(=O)OCCC)s2)cc1. The van der Waals surface area contributed by atoms with E-state index in [-0.39, 0.29) is 17.9 Å². The number of nitrogens with zero attached hydrogens (tertiary/aromatic N) is 1. The van der Waals surface area contributed by atoms with Crippen LogP contribution in [0.25, 0.3) is 0 Å². The normalized spacial score (nSPS) is 16.7. The van der Waals surface area contributed by atoms with Crippen molar-refractivity contribution in [2.45, 2.75) is 83.8 Å². The van der Waals surface area contributed by atoms with Crippen molar-refractivity contribution in [2.24, 2.45) is 0 Å². The first-order valence-electron chi connectivity index (χ1n) is 11.9. The zero-order chi connectivity index (χ0) is 22.9. The molecule has 0 saturated carbocycles. The fourth-order valence-corrected chi connectivity index (χ4v) is 5.02. The summed E-state index contributed by atoms with van der Waals surface area (Å²) < 4.78 is 5.19. The maximum Gasteiger partial charge on any atom is 0.348 e. The Balaban J connectivity index is 1.48. The molecule has 0 aliphatic carbocycles. The van der Waals surface area contributed by atoms with E-state index in [1.54, 1.807) is 0 Å². The lowest BCUT2D eigenvalue weighted by atomic mass is 9.94. The molecule has 32 heavy (non-hydrogen) atoms. The number of unbranched alkanes of at least 4 members (excludes halogenated alkanes) is 2. The predicted octanol–water partition coefficient (Wildman–Crippen LogP) is 6.06. The number of carbonyl (C=O) groups excluding carboxylic acids is 2. The summed E-state index contributed by atoms with van der Waals surface area (Å²) in [5, 5.41) is 10.3. The van der Waals surface area contributed by atoms with Crippen LogP contribution in [0.3, 0.4) is 0 Å². The molecular formula is C26H35NO4S. The molecule has 2 aromatic rings. The first-order chi connectivity index (χ1) is 15.5. The van der Waals surface area contributed by atoms with Crippen LogP contribution in [0.2, 0.25) is 0 Å². The number of esters is 1. The Hall–Kier alpha value is -2.18. The Morgan fingerprint density at radius 2 is 1.91 bits per heavy atom. The van der Waals surface area contributed by atoms with Gasteiger partial charge >= 0.3 is 5.97 Å². The number of hydrogen-bond acceptors (Lipinski definition) is 5. The van der Waals surface area contributed by atoms with E-state index >= 15 is 0 Å². The fraction of sp³-hybridized carbons (Fsp3) is 0.538. The minimum absolute atomic E-state index is 0.156. The van der Waals surface area contributed by atoms with Crippen LogP contribution >= 0.6 is 11.3 Å². The lowest BCUT2D eigenvalue weighted by molar-refractivity contribution is -0.124. The average Bonchev–Trinajstić information content (AvgIpc) is 3.26. The third-order valence-electron chi connectivity index (χ3n) is 5.94. The number of anilines is 1. The first kappa shape index (κ1) is 24.5. The second-order valence-corrected chi connectivity index (χ2v) is 9.69. The zero-order valence-electron chi connectivity index (χ0n) is 19.2. The molecule has 1 amide bonds. The van der Waals surface area contributed by atoms with Crippen LogP contribution in [0.5, 0.6) is 0 Å². The van der Waals surface area contributed by atoms with Crippen LogP contribution in [0.1, 0.15) is 91.4 Å². The molecule has 0 spiro atoms. The van der Waals surface area contributed by atoms with Crippen molar-refractivity contribution in [3.63, 3.8) is 0 Å². The monoisotopic (exact) mass is 457 g/mol. The molecule has 5 nitrogen and oxygen atoms in total. The predicted molar refractivity (Wildman–Crippen MR) is 129 cm³/mol. The summed E-state index contributed by atoms with van der Waals surface area (Å²) in [6, 6.07) is 11.9. The highest BCUT2D eigenvalue weighted by molar-refractivity contribution is 7.13. The number of ether oxygens (including phenoxy) is 1. The van der Waals surface area contributed by atoms with Crippen LogP contribution in [-0.4, -0.2) is 29.6 Å². The molecule has 1 saturated heterocycles. The van der Waals surface area contributed by atoms with Crippen molar-refractivity contribution in [1.29, 1.82) is 0 Å². The van der Waals surface area contributed by atoms with Crippen LogP contribution < -0.4 is 4.90 Å². The van der Waals surface area contributed by atoms with E-state index in [1.165, 1.54) is 16.2 Å². The number of carbonyl (C=O) groups is 2. The molecule has 2 heterocycles. The first-order valence-corrected chi connectivity index (χ1v) is 12.7. The molecule has 1 aliphatic heterocycles. The maximum atomic E-state index is 12.3. The number of aliphatic hydroxyl groups is 1. The molecular weight excluding hydrogens is 422 g/mol. The number of thiophene rings is 1. The third-order valence-corrected chi connectivity index (χ3v) is 7.07. The Morgan fingerprint density at radius 3 is 2.59 bits per heavy atom. The van der Waals surface area contributed by atoms with Gasteiger partial charge in [0.1, 0.15) is 4.88 Å².